The molecule has 0 saturated carbocycles. The third-order valence-corrected chi connectivity index (χ3v) is 6.13. The van der Waals surface area contributed by atoms with Gasteiger partial charge in [0, 0.05) is 17.3 Å². The number of carbonyl (C=O) groups excluding carboxylic acids is 1. The van der Waals surface area contributed by atoms with E-state index in [0.717, 1.165) is 0 Å². The second-order valence-corrected chi connectivity index (χ2v) is 8.75. The van der Waals surface area contributed by atoms with Crippen molar-refractivity contribution in [2.24, 2.45) is 0 Å². The number of hydrogen-bond donors (Lipinski definition) is 3. The Kier molecular flexibility index (Phi) is 6.25. The number of carbonyl (C=O) groups is 1. The van der Waals surface area contributed by atoms with Crippen LogP contribution in [-0.2, 0) is 10.0 Å². The van der Waals surface area contributed by atoms with Gasteiger partial charge in [0.25, 0.3) is 15.9 Å². The van der Waals surface area contributed by atoms with Gasteiger partial charge in [-0.1, -0.05) is 23.7 Å². The van der Waals surface area contributed by atoms with Gasteiger partial charge in [0.1, 0.15) is 0 Å². The fourth-order valence-electron chi connectivity index (χ4n) is 2.14. The number of anilines is 2. The topological polar surface area (TPSA) is 100 Å². The van der Waals surface area contributed by atoms with Crippen molar-refractivity contribution in [1.29, 1.82) is 0 Å². The fourth-order valence-corrected chi connectivity index (χ4v) is 4.36. The molecule has 144 valence electrons. The first kappa shape index (κ1) is 20.2. The lowest BCUT2D eigenvalue weighted by molar-refractivity contribution is 0.0978. The second-order valence-electron chi connectivity index (χ2n) is 5.36. The number of thiocarbonyl (C=S) groups is 1. The minimum absolute atomic E-state index is 0.0569. The Bertz CT molecular complexity index is 1100. The van der Waals surface area contributed by atoms with Gasteiger partial charge in [-0.05, 0) is 48.6 Å². The molecule has 0 aliphatic heterocycles. The predicted molar refractivity (Wildman–Crippen MR) is 115 cm³/mol. The summed E-state index contributed by atoms with van der Waals surface area (Å²) >= 11 is 12.3. The molecule has 1 amide bonds. The molecule has 3 N–H and O–H groups in total. The van der Waals surface area contributed by atoms with Crippen LogP contribution >= 0.6 is 35.2 Å². The molecule has 3 rings (SSSR count). The molecule has 0 bridgehead atoms. The Morgan fingerprint density at radius 1 is 1.11 bits per heavy atom. The zero-order chi connectivity index (χ0) is 20.1. The molecule has 3 aromatic rings. The van der Waals surface area contributed by atoms with E-state index in [1.54, 1.807) is 29.6 Å². The van der Waals surface area contributed by atoms with Gasteiger partial charge in [0.15, 0.2) is 10.2 Å². The average molecular weight is 453 g/mol. The Labute approximate surface area is 175 Å². The molecular weight excluding hydrogens is 440 g/mol. The molecule has 0 radical (unpaired) electrons. The maximum Gasteiger partial charge on any atom is 0.263 e. The van der Waals surface area contributed by atoms with Crippen LogP contribution in [0.4, 0.5) is 10.8 Å². The SMILES string of the molecule is O=C(NC(=S)Nc1ccc(S(=O)(=O)Nc2nccs2)cc1)c1ccccc1Cl. The number of rotatable bonds is 5. The third kappa shape index (κ3) is 5.04. The molecule has 0 aliphatic carbocycles. The molecule has 0 aliphatic rings. The molecular formula is C17H13ClN4O3S3. The quantitative estimate of drug-likeness (QED) is 0.510. The number of thiazole rings is 1. The van der Waals surface area contributed by atoms with Gasteiger partial charge in [-0.3, -0.25) is 14.8 Å². The zero-order valence-electron chi connectivity index (χ0n) is 14.0. The second kappa shape index (κ2) is 8.65. The van der Waals surface area contributed by atoms with Crippen LogP contribution in [-0.4, -0.2) is 24.4 Å². The first-order valence-electron chi connectivity index (χ1n) is 7.74. The van der Waals surface area contributed by atoms with Crippen LogP contribution in [0, 0.1) is 0 Å². The highest BCUT2D eigenvalue weighted by atomic mass is 35.5. The van der Waals surface area contributed by atoms with Gasteiger partial charge in [0.05, 0.1) is 15.5 Å². The number of hydrogen-bond acceptors (Lipinski definition) is 6. The van der Waals surface area contributed by atoms with E-state index >= 15 is 0 Å². The summed E-state index contributed by atoms with van der Waals surface area (Å²) in [5.74, 6) is -0.449. The monoisotopic (exact) mass is 452 g/mol. The molecule has 11 heteroatoms. The van der Waals surface area contributed by atoms with Crippen molar-refractivity contribution in [2.45, 2.75) is 4.90 Å². The molecule has 0 unspecified atom stereocenters. The molecule has 28 heavy (non-hydrogen) atoms. The van der Waals surface area contributed by atoms with Crippen LogP contribution in [0.2, 0.25) is 5.02 Å². The largest absolute Gasteiger partial charge is 0.332 e. The summed E-state index contributed by atoms with van der Waals surface area (Å²) < 4.78 is 27.0. The van der Waals surface area contributed by atoms with Gasteiger partial charge in [-0.15, -0.1) is 11.3 Å². The Hall–Kier alpha value is -2.53. The van der Waals surface area contributed by atoms with Crippen molar-refractivity contribution >= 4 is 67.0 Å². The molecule has 0 atom stereocenters. The van der Waals surface area contributed by atoms with Gasteiger partial charge in [0.2, 0.25) is 0 Å². The molecule has 1 heterocycles. The van der Waals surface area contributed by atoms with Crippen molar-refractivity contribution in [2.75, 3.05) is 10.0 Å². The van der Waals surface area contributed by atoms with Gasteiger partial charge in [-0.25, -0.2) is 13.4 Å². The van der Waals surface area contributed by atoms with Crippen LogP contribution in [0.1, 0.15) is 10.4 Å². The lowest BCUT2D eigenvalue weighted by Gasteiger charge is -2.11. The van der Waals surface area contributed by atoms with E-state index in [0.29, 0.717) is 16.3 Å². The Morgan fingerprint density at radius 3 is 2.46 bits per heavy atom. The number of amides is 1. The lowest BCUT2D eigenvalue weighted by atomic mass is 10.2. The summed E-state index contributed by atoms with van der Waals surface area (Å²) in [6, 6.07) is 12.5. The summed E-state index contributed by atoms with van der Waals surface area (Å²) in [7, 11) is -3.74. The number of benzene rings is 2. The number of aromatic nitrogens is 1. The Morgan fingerprint density at radius 2 is 1.82 bits per heavy atom. The molecule has 1 aromatic heterocycles. The average Bonchev–Trinajstić information content (AvgIpc) is 3.14. The standard InChI is InChI=1S/C17H13ClN4O3S3/c18-14-4-2-1-3-13(14)15(23)21-16(26)20-11-5-7-12(8-6-11)28(24,25)22-17-19-9-10-27-17/h1-10H,(H,19,22)(H2,20,21,23,26). The third-order valence-electron chi connectivity index (χ3n) is 3.42. The van der Waals surface area contributed by atoms with E-state index in [-0.39, 0.29) is 15.1 Å². The highest BCUT2D eigenvalue weighted by Crippen LogP contribution is 2.20. The van der Waals surface area contributed by atoms with E-state index in [9.17, 15) is 13.2 Å². The van der Waals surface area contributed by atoms with Crippen molar-refractivity contribution in [3.63, 3.8) is 0 Å². The van der Waals surface area contributed by atoms with Crippen molar-refractivity contribution < 1.29 is 13.2 Å². The van der Waals surface area contributed by atoms with Gasteiger partial charge < -0.3 is 5.32 Å². The zero-order valence-corrected chi connectivity index (χ0v) is 17.3. The van der Waals surface area contributed by atoms with E-state index in [2.05, 4.69) is 20.3 Å². The summed E-state index contributed by atoms with van der Waals surface area (Å²) in [4.78, 5) is 16.1. The first-order chi connectivity index (χ1) is 13.3. The molecule has 0 spiro atoms. The van der Waals surface area contributed by atoms with E-state index < -0.39 is 15.9 Å². The van der Waals surface area contributed by atoms with Crippen LogP contribution in [0.15, 0.2) is 65.0 Å². The lowest BCUT2D eigenvalue weighted by Crippen LogP contribution is -2.34. The molecule has 2 aromatic carbocycles. The van der Waals surface area contributed by atoms with E-state index in [1.165, 1.54) is 41.8 Å². The normalized spacial score (nSPS) is 10.9. The van der Waals surface area contributed by atoms with Crippen molar-refractivity contribution in [3.05, 3.63) is 70.7 Å². The van der Waals surface area contributed by atoms with Gasteiger partial charge >= 0.3 is 0 Å². The predicted octanol–water partition coefficient (Wildman–Crippen LogP) is 3.72. The number of nitrogens with zero attached hydrogens (tertiary/aromatic N) is 1. The van der Waals surface area contributed by atoms with Crippen molar-refractivity contribution in [1.82, 2.24) is 10.3 Å². The number of sulfonamides is 1. The van der Waals surface area contributed by atoms with Crippen LogP contribution in [0.25, 0.3) is 0 Å². The van der Waals surface area contributed by atoms with Crippen LogP contribution < -0.4 is 15.4 Å². The van der Waals surface area contributed by atoms with Crippen molar-refractivity contribution in [3.8, 4) is 0 Å². The maximum absolute atomic E-state index is 12.3. The highest BCUT2D eigenvalue weighted by molar-refractivity contribution is 7.93. The molecule has 0 saturated heterocycles. The van der Waals surface area contributed by atoms with E-state index in [1.807, 2.05) is 0 Å². The summed E-state index contributed by atoms with van der Waals surface area (Å²) in [5, 5.41) is 7.66. The maximum atomic E-state index is 12.3. The minimum Gasteiger partial charge on any atom is -0.332 e. The summed E-state index contributed by atoms with van der Waals surface area (Å²) in [6.45, 7) is 0. The van der Waals surface area contributed by atoms with E-state index in [4.69, 9.17) is 23.8 Å². The van der Waals surface area contributed by atoms with Crippen LogP contribution in [0.5, 0.6) is 0 Å². The number of halogens is 1. The summed E-state index contributed by atoms with van der Waals surface area (Å²) in [5.41, 5.74) is 0.806. The summed E-state index contributed by atoms with van der Waals surface area (Å²) in [6.07, 6.45) is 1.51. The molecule has 0 fully saturated rings. The fraction of sp³-hybridized carbons (Fsp3) is 0. The molecule has 7 nitrogen and oxygen atoms in total. The number of nitrogens with one attached hydrogen (secondary N) is 3. The van der Waals surface area contributed by atoms with Crippen LogP contribution in [0.3, 0.4) is 0 Å². The minimum atomic E-state index is -3.74. The van der Waals surface area contributed by atoms with Gasteiger partial charge in [-0.2, -0.15) is 0 Å². The smallest absolute Gasteiger partial charge is 0.263 e. The first-order valence-corrected chi connectivity index (χ1v) is 10.9. The Balaban J connectivity index is 1.63. The highest BCUT2D eigenvalue weighted by Gasteiger charge is 2.16.